The standard InChI is InChI=1S/C16H11OS/c17-16-14-9-5-4-6-12(14)10-11-15(16)18-13-7-2-1-3-8-13/h1-11H. The first kappa shape index (κ1) is 11.2. The summed E-state index contributed by atoms with van der Waals surface area (Å²) in [4.78, 5) is 1.87. The van der Waals surface area contributed by atoms with Gasteiger partial charge >= 0.3 is 0 Å². The van der Waals surface area contributed by atoms with Gasteiger partial charge in [0.1, 0.15) is 0 Å². The summed E-state index contributed by atoms with van der Waals surface area (Å²) in [7, 11) is 0. The summed E-state index contributed by atoms with van der Waals surface area (Å²) in [5.41, 5.74) is 0. The monoisotopic (exact) mass is 251 g/mol. The van der Waals surface area contributed by atoms with Crippen molar-refractivity contribution in [2.24, 2.45) is 0 Å². The molecule has 3 aromatic rings. The minimum atomic E-state index is 0.113. The zero-order valence-electron chi connectivity index (χ0n) is 9.67. The predicted molar refractivity (Wildman–Crippen MR) is 74.6 cm³/mol. The lowest BCUT2D eigenvalue weighted by Gasteiger charge is -2.05. The first-order chi connectivity index (χ1) is 8.84. The first-order valence-corrected chi connectivity index (χ1v) is 6.58. The van der Waals surface area contributed by atoms with Gasteiger partial charge in [-0.15, -0.1) is 0 Å². The molecule has 0 atom stereocenters. The summed E-state index contributed by atoms with van der Waals surface area (Å²) >= 11 is 1.52. The molecular weight excluding hydrogens is 240 g/mol. The van der Waals surface area contributed by atoms with Crippen molar-refractivity contribution in [3.63, 3.8) is 0 Å². The second-order valence-corrected chi connectivity index (χ2v) is 5.14. The van der Waals surface area contributed by atoms with Crippen molar-refractivity contribution >= 4 is 22.5 Å². The highest BCUT2D eigenvalue weighted by atomic mass is 32.2. The molecule has 0 unspecified atom stereocenters. The van der Waals surface area contributed by atoms with Gasteiger partial charge in [-0.3, -0.25) is 5.11 Å². The molecule has 2 heteroatoms. The molecular formula is C16H11OS. The second-order valence-electron chi connectivity index (χ2n) is 4.03. The van der Waals surface area contributed by atoms with Crippen LogP contribution >= 0.6 is 11.8 Å². The van der Waals surface area contributed by atoms with E-state index in [9.17, 15) is 5.11 Å². The Hall–Kier alpha value is -1.93. The molecule has 1 nitrogen and oxygen atoms in total. The molecule has 0 spiro atoms. The quantitative estimate of drug-likeness (QED) is 0.617. The SMILES string of the molecule is [O]c1c(Sc2ccccc2)ccc2ccccc12. The molecule has 0 saturated carbocycles. The van der Waals surface area contributed by atoms with Gasteiger partial charge in [0, 0.05) is 10.3 Å². The second kappa shape index (κ2) is 4.75. The average Bonchev–Trinajstić information content (AvgIpc) is 2.43. The van der Waals surface area contributed by atoms with E-state index in [1.165, 1.54) is 11.8 Å². The molecule has 0 aromatic heterocycles. The molecule has 1 radical (unpaired) electrons. The lowest BCUT2D eigenvalue weighted by molar-refractivity contribution is 0.350. The highest BCUT2D eigenvalue weighted by Gasteiger charge is 2.09. The van der Waals surface area contributed by atoms with Crippen molar-refractivity contribution in [1.82, 2.24) is 0 Å². The molecule has 0 aliphatic heterocycles. The van der Waals surface area contributed by atoms with Crippen LogP contribution in [0.25, 0.3) is 10.8 Å². The van der Waals surface area contributed by atoms with Gasteiger partial charge in [-0.25, -0.2) is 0 Å². The van der Waals surface area contributed by atoms with E-state index < -0.39 is 0 Å². The Morgan fingerprint density at radius 2 is 1.44 bits per heavy atom. The fourth-order valence-corrected chi connectivity index (χ4v) is 2.80. The number of fused-ring (bicyclic) bond motifs is 1. The number of hydrogen-bond donors (Lipinski definition) is 0. The van der Waals surface area contributed by atoms with Crippen molar-refractivity contribution < 1.29 is 5.11 Å². The van der Waals surface area contributed by atoms with Crippen molar-refractivity contribution in [3.05, 3.63) is 66.7 Å². The van der Waals surface area contributed by atoms with E-state index in [-0.39, 0.29) is 5.75 Å². The van der Waals surface area contributed by atoms with E-state index in [1.54, 1.807) is 0 Å². The lowest BCUT2D eigenvalue weighted by Crippen LogP contribution is -1.77. The van der Waals surface area contributed by atoms with Crippen LogP contribution in [0.4, 0.5) is 0 Å². The number of hydrogen-bond acceptors (Lipinski definition) is 1. The van der Waals surface area contributed by atoms with E-state index >= 15 is 0 Å². The van der Waals surface area contributed by atoms with Crippen LogP contribution in [0.1, 0.15) is 0 Å². The van der Waals surface area contributed by atoms with Crippen LogP contribution in [0.15, 0.2) is 76.5 Å². The molecule has 0 heterocycles. The Morgan fingerprint density at radius 1 is 0.722 bits per heavy atom. The predicted octanol–water partition coefficient (Wildman–Crippen LogP) is 5.13. The van der Waals surface area contributed by atoms with E-state index in [1.807, 2.05) is 66.7 Å². The van der Waals surface area contributed by atoms with E-state index in [2.05, 4.69) is 0 Å². The Kier molecular flexibility index (Phi) is 2.95. The third kappa shape index (κ3) is 2.07. The molecule has 18 heavy (non-hydrogen) atoms. The Labute approximate surface area is 110 Å². The van der Waals surface area contributed by atoms with Crippen LogP contribution in [-0.4, -0.2) is 0 Å². The topological polar surface area (TPSA) is 19.9 Å². The van der Waals surface area contributed by atoms with E-state index in [0.717, 1.165) is 20.6 Å². The van der Waals surface area contributed by atoms with Gasteiger partial charge in [-0.05, 0) is 23.6 Å². The van der Waals surface area contributed by atoms with Crippen LogP contribution in [-0.2, 0) is 5.11 Å². The Balaban J connectivity index is 2.05. The third-order valence-electron chi connectivity index (χ3n) is 2.81. The minimum absolute atomic E-state index is 0.113. The number of benzene rings is 3. The van der Waals surface area contributed by atoms with Gasteiger partial charge < -0.3 is 0 Å². The molecule has 0 saturated heterocycles. The van der Waals surface area contributed by atoms with Gasteiger partial charge in [0.05, 0.1) is 4.90 Å². The molecule has 3 aromatic carbocycles. The van der Waals surface area contributed by atoms with Crippen LogP contribution in [0.5, 0.6) is 5.75 Å². The normalized spacial score (nSPS) is 10.7. The summed E-state index contributed by atoms with van der Waals surface area (Å²) < 4.78 is 0. The van der Waals surface area contributed by atoms with Crippen molar-refractivity contribution in [2.45, 2.75) is 9.79 Å². The van der Waals surface area contributed by atoms with Gasteiger partial charge in [-0.2, -0.15) is 0 Å². The maximum atomic E-state index is 12.3. The minimum Gasteiger partial charge on any atom is -0.288 e. The molecule has 0 amide bonds. The molecule has 0 N–H and O–H groups in total. The summed E-state index contributed by atoms with van der Waals surface area (Å²) in [5, 5.41) is 14.1. The third-order valence-corrected chi connectivity index (χ3v) is 3.86. The summed E-state index contributed by atoms with van der Waals surface area (Å²) in [6.45, 7) is 0. The van der Waals surface area contributed by atoms with Crippen LogP contribution in [0, 0.1) is 0 Å². The molecule has 0 fully saturated rings. The lowest BCUT2D eigenvalue weighted by atomic mass is 10.1. The average molecular weight is 251 g/mol. The molecule has 87 valence electrons. The summed E-state index contributed by atoms with van der Waals surface area (Å²) in [5.74, 6) is 0.113. The molecule has 0 aliphatic rings. The Morgan fingerprint density at radius 3 is 2.28 bits per heavy atom. The fourth-order valence-electron chi connectivity index (χ4n) is 1.92. The van der Waals surface area contributed by atoms with Gasteiger partial charge in [0.25, 0.3) is 0 Å². The smallest absolute Gasteiger partial charge is 0.200 e. The van der Waals surface area contributed by atoms with Crippen LogP contribution < -0.4 is 0 Å². The zero-order valence-corrected chi connectivity index (χ0v) is 10.5. The maximum Gasteiger partial charge on any atom is 0.200 e. The van der Waals surface area contributed by atoms with Gasteiger partial charge in [-0.1, -0.05) is 60.3 Å². The summed E-state index contributed by atoms with van der Waals surface area (Å²) in [6.07, 6.45) is 0. The van der Waals surface area contributed by atoms with Crippen LogP contribution in [0.3, 0.4) is 0 Å². The number of rotatable bonds is 2. The molecule has 0 bridgehead atoms. The first-order valence-electron chi connectivity index (χ1n) is 5.76. The summed E-state index contributed by atoms with van der Waals surface area (Å²) in [6, 6.07) is 21.6. The Bertz CT molecular complexity index is 677. The van der Waals surface area contributed by atoms with E-state index in [0.29, 0.717) is 0 Å². The van der Waals surface area contributed by atoms with Crippen molar-refractivity contribution in [3.8, 4) is 5.75 Å². The van der Waals surface area contributed by atoms with Crippen molar-refractivity contribution in [2.75, 3.05) is 0 Å². The van der Waals surface area contributed by atoms with Gasteiger partial charge in [0.15, 0.2) is 5.75 Å². The van der Waals surface area contributed by atoms with Gasteiger partial charge in [0.2, 0.25) is 0 Å². The van der Waals surface area contributed by atoms with E-state index in [4.69, 9.17) is 0 Å². The zero-order chi connectivity index (χ0) is 12.4. The maximum absolute atomic E-state index is 12.3. The van der Waals surface area contributed by atoms with Crippen molar-refractivity contribution in [1.29, 1.82) is 0 Å². The highest BCUT2D eigenvalue weighted by Crippen LogP contribution is 2.39. The molecule has 0 aliphatic carbocycles. The fraction of sp³-hybridized carbons (Fsp3) is 0. The van der Waals surface area contributed by atoms with Crippen LogP contribution in [0.2, 0.25) is 0 Å². The molecule has 3 rings (SSSR count). The highest BCUT2D eigenvalue weighted by molar-refractivity contribution is 7.99. The largest absolute Gasteiger partial charge is 0.288 e.